The first-order valence-electron chi connectivity index (χ1n) is 9.00. The van der Waals surface area contributed by atoms with Crippen LogP contribution in [-0.2, 0) is 0 Å². The molecule has 1 aromatic heterocycles. The molecule has 0 saturated heterocycles. The number of benzene rings is 1. The molecule has 2 aromatic rings. The Balaban J connectivity index is 1.38. The van der Waals surface area contributed by atoms with Gasteiger partial charge in [-0.25, -0.2) is 0 Å². The summed E-state index contributed by atoms with van der Waals surface area (Å²) in [6, 6.07) is 9.91. The Kier molecular flexibility index (Phi) is 4.63. The monoisotopic (exact) mass is 370 g/mol. The molecular weight excluding hydrogens is 348 g/mol. The molecule has 2 fully saturated rings. The molecule has 3 N–H and O–H groups in total. The van der Waals surface area contributed by atoms with Crippen LogP contribution in [0.5, 0.6) is 0 Å². The van der Waals surface area contributed by atoms with Crippen LogP contribution in [0.1, 0.15) is 41.8 Å². The van der Waals surface area contributed by atoms with Gasteiger partial charge in [0.05, 0.1) is 0 Å². The average molecular weight is 370 g/mol. The number of nitrogens with one attached hydrogen (secondary N) is 3. The summed E-state index contributed by atoms with van der Waals surface area (Å²) in [5.41, 5.74) is 7.24. The lowest BCUT2D eigenvalue weighted by atomic mass is 9.96. The van der Waals surface area contributed by atoms with E-state index in [4.69, 9.17) is 16.7 Å². The molecule has 3 unspecified atom stereocenters. The first kappa shape index (κ1) is 17.0. The Morgan fingerprint density at radius 2 is 2.00 bits per heavy atom. The molecule has 2 aliphatic carbocycles. The largest absolute Gasteiger partial charge is 0.360 e. The summed E-state index contributed by atoms with van der Waals surface area (Å²) in [6.07, 6.45) is 5.09. The van der Waals surface area contributed by atoms with Crippen molar-refractivity contribution >= 4 is 23.2 Å². The van der Waals surface area contributed by atoms with Gasteiger partial charge in [0.1, 0.15) is 17.0 Å². The van der Waals surface area contributed by atoms with E-state index in [1.165, 1.54) is 25.7 Å². The standard InChI is InChI=1S/C19H22N4O2S/c1-11-16(17(23-25-11)13-5-3-2-4-6-13)18(24)21-22-19(26)20-15-10-12-7-8-14(15)9-12/h2-6,12,14-15H,7-10H2,1H3,(H,21,24)(H2,20,22,26). The van der Waals surface area contributed by atoms with Gasteiger partial charge in [0, 0.05) is 11.6 Å². The van der Waals surface area contributed by atoms with Crippen LogP contribution in [0.25, 0.3) is 11.3 Å². The Hall–Kier alpha value is -2.41. The van der Waals surface area contributed by atoms with Crippen LogP contribution < -0.4 is 16.2 Å². The first-order valence-corrected chi connectivity index (χ1v) is 9.41. The van der Waals surface area contributed by atoms with Crippen molar-refractivity contribution in [1.29, 1.82) is 0 Å². The van der Waals surface area contributed by atoms with Crippen LogP contribution in [-0.4, -0.2) is 22.2 Å². The molecule has 7 heteroatoms. The van der Waals surface area contributed by atoms with E-state index in [-0.39, 0.29) is 5.91 Å². The normalized spacial score (nSPS) is 23.7. The fourth-order valence-electron chi connectivity index (χ4n) is 4.23. The lowest BCUT2D eigenvalue weighted by Gasteiger charge is -2.24. The Bertz CT molecular complexity index is 820. The van der Waals surface area contributed by atoms with Crippen LogP contribution in [0.3, 0.4) is 0 Å². The molecule has 6 nitrogen and oxygen atoms in total. The quantitative estimate of drug-likeness (QED) is 0.569. The van der Waals surface area contributed by atoms with Gasteiger partial charge in [-0.05, 0) is 50.2 Å². The number of thiocarbonyl (C=S) groups is 1. The molecule has 26 heavy (non-hydrogen) atoms. The maximum absolute atomic E-state index is 12.6. The second-order valence-corrected chi connectivity index (χ2v) is 7.57. The summed E-state index contributed by atoms with van der Waals surface area (Å²) in [5, 5.41) is 7.82. The molecule has 136 valence electrons. The van der Waals surface area contributed by atoms with Gasteiger partial charge in [0.25, 0.3) is 5.91 Å². The van der Waals surface area contributed by atoms with Gasteiger partial charge in [-0.15, -0.1) is 0 Å². The number of hydrogen-bond donors (Lipinski definition) is 3. The van der Waals surface area contributed by atoms with Gasteiger partial charge in [0.2, 0.25) is 0 Å². The van der Waals surface area contributed by atoms with Crippen molar-refractivity contribution in [2.75, 3.05) is 0 Å². The van der Waals surface area contributed by atoms with Crippen molar-refractivity contribution in [2.24, 2.45) is 11.8 Å². The Labute approximate surface area is 157 Å². The molecule has 0 radical (unpaired) electrons. The van der Waals surface area contributed by atoms with Gasteiger partial charge >= 0.3 is 0 Å². The smallest absolute Gasteiger partial charge is 0.275 e. The average Bonchev–Trinajstić information content (AvgIpc) is 3.36. The highest BCUT2D eigenvalue weighted by Gasteiger charge is 2.39. The maximum Gasteiger partial charge on any atom is 0.275 e. The van der Waals surface area contributed by atoms with Crippen molar-refractivity contribution in [3.63, 3.8) is 0 Å². The number of hydrogen-bond acceptors (Lipinski definition) is 4. The number of carbonyl (C=O) groups excluding carboxylic acids is 1. The minimum Gasteiger partial charge on any atom is -0.360 e. The lowest BCUT2D eigenvalue weighted by Crippen LogP contribution is -2.50. The zero-order valence-corrected chi connectivity index (χ0v) is 15.4. The Morgan fingerprint density at radius 1 is 1.19 bits per heavy atom. The van der Waals surface area contributed by atoms with E-state index < -0.39 is 0 Å². The molecule has 4 rings (SSSR count). The molecule has 2 saturated carbocycles. The SMILES string of the molecule is Cc1onc(-c2ccccc2)c1C(=O)NNC(=S)NC1CC2CCC1C2. The van der Waals surface area contributed by atoms with E-state index in [2.05, 4.69) is 21.3 Å². The van der Waals surface area contributed by atoms with E-state index in [1.807, 2.05) is 30.3 Å². The first-order chi connectivity index (χ1) is 12.6. The molecule has 1 amide bonds. The highest BCUT2D eigenvalue weighted by Crippen LogP contribution is 2.44. The van der Waals surface area contributed by atoms with Crippen molar-refractivity contribution in [2.45, 2.75) is 38.6 Å². The van der Waals surface area contributed by atoms with Gasteiger partial charge in [-0.3, -0.25) is 15.6 Å². The number of rotatable bonds is 3. The lowest BCUT2D eigenvalue weighted by molar-refractivity contribution is 0.0942. The second-order valence-electron chi connectivity index (χ2n) is 7.16. The topological polar surface area (TPSA) is 79.2 Å². The van der Waals surface area contributed by atoms with E-state index in [0.29, 0.717) is 34.1 Å². The summed E-state index contributed by atoms with van der Waals surface area (Å²) in [4.78, 5) is 12.6. The summed E-state index contributed by atoms with van der Waals surface area (Å²) >= 11 is 5.34. The van der Waals surface area contributed by atoms with Crippen molar-refractivity contribution in [3.05, 3.63) is 41.7 Å². The second kappa shape index (κ2) is 7.07. The van der Waals surface area contributed by atoms with Crippen molar-refractivity contribution in [3.8, 4) is 11.3 Å². The third-order valence-corrected chi connectivity index (χ3v) is 5.70. The number of fused-ring (bicyclic) bond motifs is 2. The predicted molar refractivity (Wildman–Crippen MR) is 102 cm³/mol. The summed E-state index contributed by atoms with van der Waals surface area (Å²) in [5.74, 6) is 1.69. The van der Waals surface area contributed by atoms with Crippen molar-refractivity contribution < 1.29 is 9.32 Å². The molecular formula is C19H22N4O2S. The van der Waals surface area contributed by atoms with Crippen LogP contribution in [0.15, 0.2) is 34.9 Å². The number of aromatic nitrogens is 1. The third-order valence-electron chi connectivity index (χ3n) is 5.48. The number of nitrogens with zero attached hydrogens (tertiary/aromatic N) is 1. The molecule has 1 heterocycles. The fourth-order valence-corrected chi connectivity index (χ4v) is 4.44. The zero-order valence-electron chi connectivity index (χ0n) is 14.6. The molecule has 2 aliphatic rings. The summed E-state index contributed by atoms with van der Waals surface area (Å²) in [6.45, 7) is 1.72. The molecule has 0 aliphatic heterocycles. The summed E-state index contributed by atoms with van der Waals surface area (Å²) < 4.78 is 5.23. The Morgan fingerprint density at radius 3 is 2.69 bits per heavy atom. The van der Waals surface area contributed by atoms with Gasteiger partial charge in [-0.1, -0.05) is 41.9 Å². The van der Waals surface area contributed by atoms with Gasteiger partial charge < -0.3 is 9.84 Å². The minimum atomic E-state index is -0.320. The van der Waals surface area contributed by atoms with Gasteiger partial charge in [-0.2, -0.15) is 0 Å². The highest BCUT2D eigenvalue weighted by molar-refractivity contribution is 7.80. The molecule has 1 aromatic carbocycles. The molecule has 0 spiro atoms. The van der Waals surface area contributed by atoms with Crippen molar-refractivity contribution in [1.82, 2.24) is 21.3 Å². The van der Waals surface area contributed by atoms with E-state index in [9.17, 15) is 4.79 Å². The van der Waals surface area contributed by atoms with Crippen LogP contribution >= 0.6 is 12.2 Å². The number of aryl methyl sites for hydroxylation is 1. The van der Waals surface area contributed by atoms with E-state index in [0.717, 1.165) is 11.5 Å². The zero-order chi connectivity index (χ0) is 18.1. The highest BCUT2D eigenvalue weighted by atomic mass is 32.1. The third kappa shape index (κ3) is 3.31. The van der Waals surface area contributed by atoms with Crippen LogP contribution in [0, 0.1) is 18.8 Å². The summed E-state index contributed by atoms with van der Waals surface area (Å²) in [7, 11) is 0. The number of carbonyl (C=O) groups is 1. The van der Waals surface area contributed by atoms with Crippen LogP contribution in [0.2, 0.25) is 0 Å². The van der Waals surface area contributed by atoms with E-state index >= 15 is 0 Å². The fraction of sp³-hybridized carbons (Fsp3) is 0.421. The molecule has 2 bridgehead atoms. The van der Waals surface area contributed by atoms with E-state index in [1.54, 1.807) is 6.92 Å². The molecule has 3 atom stereocenters. The minimum absolute atomic E-state index is 0.320. The predicted octanol–water partition coefficient (Wildman–Crippen LogP) is 2.95. The van der Waals surface area contributed by atoms with Gasteiger partial charge in [0.15, 0.2) is 5.11 Å². The van der Waals surface area contributed by atoms with Crippen LogP contribution in [0.4, 0.5) is 0 Å². The maximum atomic E-state index is 12.6. The number of amides is 1. The number of hydrazine groups is 1.